The van der Waals surface area contributed by atoms with E-state index in [4.69, 9.17) is 16.0 Å². The summed E-state index contributed by atoms with van der Waals surface area (Å²) in [6.07, 6.45) is 0. The molecule has 1 aromatic rings. The molecule has 0 spiro atoms. The number of alkyl halides is 1. The minimum atomic E-state index is 0.190. The fourth-order valence-corrected chi connectivity index (χ4v) is 0.995. The average Bonchev–Trinajstić information content (AvgIpc) is 2.62. The Morgan fingerprint density at radius 3 is 2.53 bits per heavy atom. The number of nitrogens with zero attached hydrogens (tertiary/aromatic N) is 2. The van der Waals surface area contributed by atoms with Gasteiger partial charge in [0.25, 0.3) is 0 Å². The molecule has 1 aromatic heterocycles. The van der Waals surface area contributed by atoms with E-state index in [0.29, 0.717) is 17.8 Å². The van der Waals surface area contributed by atoms with Crippen LogP contribution in [0.5, 0.6) is 0 Å². The fourth-order valence-electron chi connectivity index (χ4n) is 0.887. The summed E-state index contributed by atoms with van der Waals surface area (Å²) in [7, 11) is 0. The van der Waals surface area contributed by atoms with Gasteiger partial charge < -0.3 is 9.73 Å². The average molecular weight is 232 g/mol. The third kappa shape index (κ3) is 3.38. The SMILES string of the molecule is CC(C)C(C)(C)CNc1nnc(CCl)o1. The van der Waals surface area contributed by atoms with E-state index in [1.54, 1.807) is 0 Å². The van der Waals surface area contributed by atoms with Crippen LogP contribution in [0.4, 0.5) is 6.01 Å². The van der Waals surface area contributed by atoms with Gasteiger partial charge in [-0.25, -0.2) is 0 Å². The molecule has 86 valence electrons. The summed E-state index contributed by atoms with van der Waals surface area (Å²) in [6, 6.07) is 0.444. The number of aromatic nitrogens is 2. The lowest BCUT2D eigenvalue weighted by atomic mass is 9.81. The second-order valence-corrected chi connectivity index (χ2v) is 4.90. The van der Waals surface area contributed by atoms with Crippen LogP contribution < -0.4 is 5.32 Å². The van der Waals surface area contributed by atoms with Crippen molar-refractivity contribution in [3.8, 4) is 0 Å². The summed E-state index contributed by atoms with van der Waals surface area (Å²) < 4.78 is 5.24. The van der Waals surface area contributed by atoms with Gasteiger partial charge >= 0.3 is 6.01 Å². The first-order valence-electron chi connectivity index (χ1n) is 5.08. The minimum Gasteiger partial charge on any atom is -0.407 e. The van der Waals surface area contributed by atoms with Crippen LogP contribution in [0.3, 0.4) is 0 Å². The molecule has 1 heterocycles. The van der Waals surface area contributed by atoms with Crippen LogP contribution in [-0.2, 0) is 5.88 Å². The highest BCUT2D eigenvalue weighted by Gasteiger charge is 2.22. The van der Waals surface area contributed by atoms with Crippen molar-refractivity contribution in [1.82, 2.24) is 10.2 Å². The van der Waals surface area contributed by atoms with Crippen LogP contribution in [0.25, 0.3) is 0 Å². The van der Waals surface area contributed by atoms with Crippen molar-refractivity contribution in [1.29, 1.82) is 0 Å². The van der Waals surface area contributed by atoms with Crippen molar-refractivity contribution < 1.29 is 4.42 Å². The highest BCUT2D eigenvalue weighted by Crippen LogP contribution is 2.26. The maximum absolute atomic E-state index is 5.56. The summed E-state index contributed by atoms with van der Waals surface area (Å²) in [6.45, 7) is 9.58. The summed E-state index contributed by atoms with van der Waals surface area (Å²) in [5.41, 5.74) is 0.190. The summed E-state index contributed by atoms with van der Waals surface area (Å²) in [4.78, 5) is 0. The van der Waals surface area contributed by atoms with Crippen molar-refractivity contribution in [3.63, 3.8) is 0 Å². The molecule has 0 saturated carbocycles. The molecule has 1 N–H and O–H groups in total. The Bertz CT molecular complexity index is 309. The molecule has 0 aliphatic heterocycles. The normalized spacial score (nSPS) is 12.1. The smallest absolute Gasteiger partial charge is 0.315 e. The Balaban J connectivity index is 2.50. The number of rotatable bonds is 5. The molecule has 1 rings (SSSR count). The Morgan fingerprint density at radius 1 is 1.40 bits per heavy atom. The molecule has 0 amide bonds. The van der Waals surface area contributed by atoms with Gasteiger partial charge in [0.1, 0.15) is 5.88 Å². The molecule has 0 atom stereocenters. The van der Waals surface area contributed by atoms with E-state index in [1.165, 1.54) is 0 Å². The van der Waals surface area contributed by atoms with Gasteiger partial charge in [0, 0.05) is 6.54 Å². The van der Waals surface area contributed by atoms with E-state index in [1.807, 2.05) is 0 Å². The van der Waals surface area contributed by atoms with Crippen molar-refractivity contribution in [2.45, 2.75) is 33.6 Å². The summed E-state index contributed by atoms with van der Waals surface area (Å²) in [5.74, 6) is 1.28. The van der Waals surface area contributed by atoms with Gasteiger partial charge in [-0.05, 0) is 11.3 Å². The Kier molecular flexibility index (Phi) is 3.97. The monoisotopic (exact) mass is 231 g/mol. The molecule has 0 radical (unpaired) electrons. The molecule has 0 fully saturated rings. The highest BCUT2D eigenvalue weighted by molar-refractivity contribution is 6.16. The lowest BCUT2D eigenvalue weighted by Gasteiger charge is -2.28. The van der Waals surface area contributed by atoms with Crippen LogP contribution >= 0.6 is 11.6 Å². The molecule has 0 bridgehead atoms. The second kappa shape index (κ2) is 4.84. The molecule has 15 heavy (non-hydrogen) atoms. The number of hydrogen-bond donors (Lipinski definition) is 1. The van der Waals surface area contributed by atoms with Gasteiger partial charge in [0.2, 0.25) is 5.89 Å². The zero-order valence-electron chi connectivity index (χ0n) is 9.67. The fraction of sp³-hybridized carbons (Fsp3) is 0.800. The van der Waals surface area contributed by atoms with Crippen molar-refractivity contribution in [2.75, 3.05) is 11.9 Å². The first kappa shape index (κ1) is 12.3. The first-order valence-corrected chi connectivity index (χ1v) is 5.61. The van der Waals surface area contributed by atoms with E-state index in [0.717, 1.165) is 6.54 Å². The Labute approximate surface area is 95.4 Å². The molecule has 0 aromatic carbocycles. The van der Waals surface area contributed by atoms with Crippen LogP contribution in [0.15, 0.2) is 4.42 Å². The molecule has 0 saturated heterocycles. The minimum absolute atomic E-state index is 0.190. The molecular weight excluding hydrogens is 214 g/mol. The van der Waals surface area contributed by atoms with Gasteiger partial charge in [-0.2, -0.15) is 0 Å². The van der Waals surface area contributed by atoms with E-state index < -0.39 is 0 Å². The largest absolute Gasteiger partial charge is 0.407 e. The predicted octanol–water partition coefficient (Wildman–Crippen LogP) is 2.90. The maximum atomic E-state index is 5.56. The highest BCUT2D eigenvalue weighted by atomic mass is 35.5. The molecular formula is C10H18ClN3O. The lowest BCUT2D eigenvalue weighted by molar-refractivity contribution is 0.267. The number of halogens is 1. The Morgan fingerprint density at radius 2 is 2.07 bits per heavy atom. The van der Waals surface area contributed by atoms with Crippen LogP contribution in [-0.4, -0.2) is 16.7 Å². The molecule has 0 aliphatic rings. The first-order chi connectivity index (χ1) is 6.95. The van der Waals surface area contributed by atoms with Crippen molar-refractivity contribution in [2.24, 2.45) is 11.3 Å². The molecule has 5 heteroatoms. The molecule has 4 nitrogen and oxygen atoms in total. The van der Waals surface area contributed by atoms with Crippen LogP contribution in [0.2, 0.25) is 0 Å². The number of anilines is 1. The maximum Gasteiger partial charge on any atom is 0.315 e. The zero-order chi connectivity index (χ0) is 11.5. The van der Waals surface area contributed by atoms with E-state index in [-0.39, 0.29) is 11.3 Å². The zero-order valence-corrected chi connectivity index (χ0v) is 10.4. The van der Waals surface area contributed by atoms with Crippen LogP contribution in [0.1, 0.15) is 33.6 Å². The third-order valence-electron chi connectivity index (χ3n) is 2.84. The quantitative estimate of drug-likeness (QED) is 0.792. The van der Waals surface area contributed by atoms with Crippen LogP contribution in [0, 0.1) is 11.3 Å². The predicted molar refractivity (Wildman–Crippen MR) is 61.0 cm³/mol. The van der Waals surface area contributed by atoms with Gasteiger partial charge in [-0.1, -0.05) is 32.8 Å². The summed E-state index contributed by atoms with van der Waals surface area (Å²) in [5, 5.41) is 10.7. The standard InChI is InChI=1S/C10H18ClN3O/c1-7(2)10(3,4)6-12-9-14-13-8(5-11)15-9/h7H,5-6H2,1-4H3,(H,12,14). The van der Waals surface area contributed by atoms with Gasteiger partial charge in [0.15, 0.2) is 0 Å². The van der Waals surface area contributed by atoms with E-state index in [9.17, 15) is 0 Å². The number of nitrogens with one attached hydrogen (secondary N) is 1. The van der Waals surface area contributed by atoms with Crippen molar-refractivity contribution >= 4 is 17.6 Å². The lowest BCUT2D eigenvalue weighted by Crippen LogP contribution is -2.28. The van der Waals surface area contributed by atoms with Gasteiger partial charge in [0.05, 0.1) is 0 Å². The second-order valence-electron chi connectivity index (χ2n) is 4.63. The number of hydrogen-bond acceptors (Lipinski definition) is 4. The van der Waals surface area contributed by atoms with Crippen molar-refractivity contribution in [3.05, 3.63) is 5.89 Å². The molecule has 0 unspecified atom stereocenters. The third-order valence-corrected chi connectivity index (χ3v) is 3.07. The van der Waals surface area contributed by atoms with E-state index in [2.05, 4.69) is 43.2 Å². The summed E-state index contributed by atoms with van der Waals surface area (Å²) >= 11 is 5.56. The molecule has 0 aliphatic carbocycles. The topological polar surface area (TPSA) is 51.0 Å². The Hall–Kier alpha value is -0.770. The van der Waals surface area contributed by atoms with Gasteiger partial charge in [-0.3, -0.25) is 0 Å². The van der Waals surface area contributed by atoms with Gasteiger partial charge in [-0.15, -0.1) is 16.7 Å². The van der Waals surface area contributed by atoms with E-state index >= 15 is 0 Å².